The number of amides is 1. The zero-order valence-electron chi connectivity index (χ0n) is 14.5. The molecule has 0 unspecified atom stereocenters. The van der Waals surface area contributed by atoms with Gasteiger partial charge in [0.15, 0.2) is 0 Å². The van der Waals surface area contributed by atoms with Crippen LogP contribution in [0, 0.1) is 0 Å². The van der Waals surface area contributed by atoms with Gasteiger partial charge in [0, 0.05) is 25.1 Å². The van der Waals surface area contributed by atoms with E-state index in [4.69, 9.17) is 4.52 Å². The molecule has 7 nitrogen and oxygen atoms in total. The molecule has 7 heteroatoms. The highest BCUT2D eigenvalue weighted by molar-refractivity contribution is 5.66. The quantitative estimate of drug-likeness (QED) is 0.868. The van der Waals surface area contributed by atoms with Gasteiger partial charge in [0.1, 0.15) is 0 Å². The lowest BCUT2D eigenvalue weighted by Gasteiger charge is -2.26. The Bertz CT molecular complexity index is 695. The maximum atomic E-state index is 11.0. The summed E-state index contributed by atoms with van der Waals surface area (Å²) in [5, 5.41) is 6.64. The third-order valence-corrected chi connectivity index (χ3v) is 4.30. The summed E-state index contributed by atoms with van der Waals surface area (Å²) in [6, 6.07) is 8.28. The van der Waals surface area contributed by atoms with E-state index in [-0.39, 0.29) is 0 Å². The van der Waals surface area contributed by atoms with Crippen LogP contribution in [-0.4, -0.2) is 47.9 Å². The molecule has 134 valence electrons. The summed E-state index contributed by atoms with van der Waals surface area (Å²) in [6.45, 7) is 3.69. The van der Waals surface area contributed by atoms with E-state index in [0.29, 0.717) is 24.7 Å². The number of aromatic nitrogens is 2. The number of carbonyl (C=O) groups is 1. The van der Waals surface area contributed by atoms with Gasteiger partial charge in [-0.05, 0) is 37.6 Å². The van der Waals surface area contributed by atoms with Crippen LogP contribution in [0.1, 0.15) is 30.7 Å². The first-order valence-corrected chi connectivity index (χ1v) is 8.70. The molecular weight excluding hydrogens is 320 g/mol. The predicted molar refractivity (Wildman–Crippen MR) is 93.0 cm³/mol. The van der Waals surface area contributed by atoms with Gasteiger partial charge in [-0.1, -0.05) is 29.8 Å². The van der Waals surface area contributed by atoms with Gasteiger partial charge in [-0.3, -0.25) is 4.90 Å². The molecule has 0 saturated carbocycles. The van der Waals surface area contributed by atoms with Crippen LogP contribution in [0.15, 0.2) is 28.8 Å². The molecule has 0 aliphatic carbocycles. The molecule has 1 aromatic carbocycles. The SMILES string of the molecule is COC(=O)NCCc1nc(-c2cccc(CN3CCCCC3)c2)no1. The number of carbonyl (C=O) groups excluding carboxylic acids is 1. The van der Waals surface area contributed by atoms with E-state index in [9.17, 15) is 4.79 Å². The molecule has 0 radical (unpaired) electrons. The minimum absolute atomic E-state index is 0.392. The fraction of sp³-hybridized carbons (Fsp3) is 0.500. The molecule has 1 aliphatic heterocycles. The fourth-order valence-corrected chi connectivity index (χ4v) is 3.00. The number of rotatable bonds is 6. The van der Waals surface area contributed by atoms with E-state index < -0.39 is 6.09 Å². The van der Waals surface area contributed by atoms with E-state index in [2.05, 4.69) is 37.2 Å². The number of likely N-dealkylation sites (tertiary alicyclic amines) is 1. The van der Waals surface area contributed by atoms with Crippen molar-refractivity contribution in [3.63, 3.8) is 0 Å². The van der Waals surface area contributed by atoms with Crippen molar-refractivity contribution in [3.05, 3.63) is 35.7 Å². The monoisotopic (exact) mass is 344 g/mol. The Morgan fingerprint density at radius 1 is 1.32 bits per heavy atom. The molecule has 1 aliphatic rings. The number of ether oxygens (including phenoxy) is 1. The second-order valence-corrected chi connectivity index (χ2v) is 6.22. The number of methoxy groups -OCH3 is 1. The summed E-state index contributed by atoms with van der Waals surface area (Å²) in [7, 11) is 1.33. The highest BCUT2D eigenvalue weighted by Gasteiger charge is 2.13. The van der Waals surface area contributed by atoms with Crippen LogP contribution >= 0.6 is 0 Å². The van der Waals surface area contributed by atoms with Crippen LogP contribution in [0.4, 0.5) is 4.79 Å². The van der Waals surface area contributed by atoms with E-state index in [1.54, 1.807) is 0 Å². The van der Waals surface area contributed by atoms with Crippen molar-refractivity contribution in [1.82, 2.24) is 20.4 Å². The summed E-state index contributed by atoms with van der Waals surface area (Å²) in [5.41, 5.74) is 2.21. The summed E-state index contributed by atoms with van der Waals surface area (Å²) in [5.74, 6) is 1.07. The second kappa shape index (κ2) is 8.62. The minimum Gasteiger partial charge on any atom is -0.453 e. The number of piperidine rings is 1. The van der Waals surface area contributed by atoms with Crippen molar-refractivity contribution >= 4 is 6.09 Å². The summed E-state index contributed by atoms with van der Waals surface area (Å²) >= 11 is 0. The maximum absolute atomic E-state index is 11.0. The molecule has 0 atom stereocenters. The van der Waals surface area contributed by atoms with Crippen molar-refractivity contribution in [2.24, 2.45) is 0 Å². The third kappa shape index (κ3) is 5.03. The summed E-state index contributed by atoms with van der Waals surface area (Å²) in [4.78, 5) is 17.9. The van der Waals surface area contributed by atoms with Crippen LogP contribution in [0.3, 0.4) is 0 Å². The topological polar surface area (TPSA) is 80.5 Å². The van der Waals surface area contributed by atoms with E-state index in [1.807, 2.05) is 12.1 Å². The fourth-order valence-electron chi connectivity index (χ4n) is 3.00. The first-order chi connectivity index (χ1) is 12.2. The molecule has 0 bridgehead atoms. The van der Waals surface area contributed by atoms with E-state index >= 15 is 0 Å². The van der Waals surface area contributed by atoms with Crippen molar-refractivity contribution in [1.29, 1.82) is 0 Å². The Hall–Kier alpha value is -2.41. The Morgan fingerprint density at radius 2 is 2.16 bits per heavy atom. The number of nitrogens with zero attached hydrogens (tertiary/aromatic N) is 3. The Labute approximate surface area is 147 Å². The normalized spacial score (nSPS) is 15.1. The highest BCUT2D eigenvalue weighted by atomic mass is 16.5. The zero-order chi connectivity index (χ0) is 17.5. The molecule has 2 aromatic rings. The van der Waals surface area contributed by atoms with Crippen molar-refractivity contribution in [2.45, 2.75) is 32.2 Å². The molecule has 2 heterocycles. The molecule has 1 amide bonds. The van der Waals surface area contributed by atoms with Gasteiger partial charge in [0.2, 0.25) is 11.7 Å². The number of benzene rings is 1. The Kier molecular flexibility index (Phi) is 6.00. The van der Waals surface area contributed by atoms with Crippen LogP contribution in [0.5, 0.6) is 0 Å². The van der Waals surface area contributed by atoms with Crippen LogP contribution in [0.25, 0.3) is 11.4 Å². The minimum atomic E-state index is -0.467. The van der Waals surface area contributed by atoms with Gasteiger partial charge >= 0.3 is 6.09 Å². The second-order valence-electron chi connectivity index (χ2n) is 6.22. The van der Waals surface area contributed by atoms with Crippen LogP contribution in [0.2, 0.25) is 0 Å². The number of hydrogen-bond acceptors (Lipinski definition) is 6. The van der Waals surface area contributed by atoms with E-state index in [0.717, 1.165) is 12.1 Å². The van der Waals surface area contributed by atoms with Gasteiger partial charge in [-0.25, -0.2) is 4.79 Å². The maximum Gasteiger partial charge on any atom is 0.406 e. The average Bonchev–Trinajstić information content (AvgIpc) is 3.11. The van der Waals surface area contributed by atoms with Gasteiger partial charge in [0.05, 0.1) is 7.11 Å². The van der Waals surface area contributed by atoms with Gasteiger partial charge in [-0.15, -0.1) is 0 Å². The lowest BCUT2D eigenvalue weighted by atomic mass is 10.1. The molecule has 0 spiro atoms. The lowest BCUT2D eigenvalue weighted by molar-refractivity contribution is 0.171. The van der Waals surface area contributed by atoms with Gasteiger partial charge in [-0.2, -0.15) is 4.98 Å². The zero-order valence-corrected chi connectivity index (χ0v) is 14.5. The third-order valence-electron chi connectivity index (χ3n) is 4.30. The molecule has 3 rings (SSSR count). The molecule has 1 aromatic heterocycles. The predicted octanol–water partition coefficient (Wildman–Crippen LogP) is 2.62. The lowest BCUT2D eigenvalue weighted by Crippen LogP contribution is -2.29. The number of nitrogens with one attached hydrogen (secondary N) is 1. The average molecular weight is 344 g/mol. The standard InChI is InChI=1S/C18H24N4O3/c1-24-18(23)19-9-8-16-20-17(21-25-16)15-7-5-6-14(12-15)13-22-10-3-2-4-11-22/h5-7,12H,2-4,8-11,13H2,1H3,(H,19,23). The van der Waals surface area contributed by atoms with Crippen LogP contribution in [-0.2, 0) is 17.7 Å². The smallest absolute Gasteiger partial charge is 0.406 e. The molecular formula is C18H24N4O3. The molecule has 1 N–H and O–H groups in total. The number of alkyl carbamates (subject to hydrolysis) is 1. The first-order valence-electron chi connectivity index (χ1n) is 8.70. The molecule has 25 heavy (non-hydrogen) atoms. The van der Waals surface area contributed by atoms with Gasteiger partial charge in [0.25, 0.3) is 0 Å². The summed E-state index contributed by atoms with van der Waals surface area (Å²) < 4.78 is 9.78. The van der Waals surface area contributed by atoms with Gasteiger partial charge < -0.3 is 14.6 Å². The Morgan fingerprint density at radius 3 is 2.96 bits per heavy atom. The van der Waals surface area contributed by atoms with Crippen LogP contribution < -0.4 is 5.32 Å². The highest BCUT2D eigenvalue weighted by Crippen LogP contribution is 2.20. The van der Waals surface area contributed by atoms with E-state index in [1.165, 1.54) is 45.0 Å². The molecule has 1 fully saturated rings. The summed E-state index contributed by atoms with van der Waals surface area (Å²) in [6.07, 6.45) is 3.91. The molecule has 1 saturated heterocycles. The number of hydrogen-bond donors (Lipinski definition) is 1. The van der Waals surface area contributed by atoms with Crippen molar-refractivity contribution in [3.8, 4) is 11.4 Å². The van der Waals surface area contributed by atoms with Crippen molar-refractivity contribution in [2.75, 3.05) is 26.7 Å². The first kappa shape index (κ1) is 17.4. The van der Waals surface area contributed by atoms with Crippen molar-refractivity contribution < 1.29 is 14.1 Å². The Balaban J connectivity index is 1.60. The largest absolute Gasteiger partial charge is 0.453 e.